The standard InChI is InChI=1S/C14H17N5S/c1-18(2)14-16-8-12(19(14)3)7-15-11-4-5-13-10(6-11)9-20-17-13/h4-6,8-9,15H,7H2,1-3H3. The number of fused-ring (bicyclic) bond motifs is 1. The molecule has 5 nitrogen and oxygen atoms in total. The van der Waals surface area contributed by atoms with Crippen molar-refractivity contribution < 1.29 is 0 Å². The van der Waals surface area contributed by atoms with E-state index >= 15 is 0 Å². The summed E-state index contributed by atoms with van der Waals surface area (Å²) in [4.78, 5) is 6.42. The first kappa shape index (κ1) is 12.9. The first-order valence-electron chi connectivity index (χ1n) is 6.41. The molecule has 0 unspecified atom stereocenters. The van der Waals surface area contributed by atoms with Crippen LogP contribution in [-0.2, 0) is 13.6 Å². The van der Waals surface area contributed by atoms with Crippen LogP contribution >= 0.6 is 11.5 Å². The van der Waals surface area contributed by atoms with Crippen LogP contribution in [0.5, 0.6) is 0 Å². The van der Waals surface area contributed by atoms with Crippen molar-refractivity contribution in [3.63, 3.8) is 0 Å². The second kappa shape index (κ2) is 5.13. The molecule has 0 aliphatic rings. The van der Waals surface area contributed by atoms with Gasteiger partial charge in [0.25, 0.3) is 0 Å². The minimum absolute atomic E-state index is 0.750. The lowest BCUT2D eigenvalue weighted by Gasteiger charge is -2.13. The molecule has 0 aliphatic carbocycles. The molecule has 6 heteroatoms. The maximum Gasteiger partial charge on any atom is 0.204 e. The molecule has 0 radical (unpaired) electrons. The molecule has 0 fully saturated rings. The summed E-state index contributed by atoms with van der Waals surface area (Å²) >= 11 is 1.49. The van der Waals surface area contributed by atoms with Gasteiger partial charge in [-0.25, -0.2) is 4.98 Å². The van der Waals surface area contributed by atoms with E-state index in [0.717, 1.165) is 29.4 Å². The summed E-state index contributed by atoms with van der Waals surface area (Å²) < 4.78 is 6.40. The van der Waals surface area contributed by atoms with Crippen LogP contribution in [0.2, 0.25) is 0 Å². The van der Waals surface area contributed by atoms with Gasteiger partial charge in [-0.15, -0.1) is 0 Å². The van der Waals surface area contributed by atoms with Crippen molar-refractivity contribution in [3.8, 4) is 0 Å². The van der Waals surface area contributed by atoms with Crippen LogP contribution in [0.15, 0.2) is 29.8 Å². The largest absolute Gasteiger partial charge is 0.379 e. The molecule has 2 heterocycles. The molecular weight excluding hydrogens is 270 g/mol. The summed E-state index contributed by atoms with van der Waals surface area (Å²) in [5.41, 5.74) is 3.30. The monoisotopic (exact) mass is 287 g/mol. The highest BCUT2D eigenvalue weighted by atomic mass is 32.1. The molecule has 1 aromatic carbocycles. The Bertz CT molecular complexity index is 728. The van der Waals surface area contributed by atoms with Crippen molar-refractivity contribution in [2.24, 2.45) is 7.05 Å². The van der Waals surface area contributed by atoms with Gasteiger partial charge in [0.2, 0.25) is 5.95 Å². The summed E-state index contributed by atoms with van der Waals surface area (Å²) in [5, 5.41) is 6.68. The first-order valence-corrected chi connectivity index (χ1v) is 7.25. The quantitative estimate of drug-likeness (QED) is 0.801. The van der Waals surface area contributed by atoms with E-state index in [9.17, 15) is 0 Å². The summed E-state index contributed by atoms with van der Waals surface area (Å²) in [6, 6.07) is 6.23. The van der Waals surface area contributed by atoms with Crippen LogP contribution in [0.1, 0.15) is 5.69 Å². The van der Waals surface area contributed by atoms with E-state index < -0.39 is 0 Å². The van der Waals surface area contributed by atoms with Gasteiger partial charge in [-0.3, -0.25) is 0 Å². The van der Waals surface area contributed by atoms with E-state index in [2.05, 4.69) is 36.8 Å². The number of hydrogen-bond donors (Lipinski definition) is 1. The van der Waals surface area contributed by atoms with Crippen LogP contribution in [0.3, 0.4) is 0 Å². The molecule has 2 aromatic heterocycles. The fourth-order valence-corrected chi connectivity index (χ4v) is 2.82. The molecule has 0 atom stereocenters. The smallest absolute Gasteiger partial charge is 0.204 e. The average molecular weight is 287 g/mol. The Kier molecular flexibility index (Phi) is 3.31. The SMILES string of the molecule is CN(C)c1ncc(CNc2ccc3nscc3c2)n1C. The highest BCUT2D eigenvalue weighted by Crippen LogP contribution is 2.20. The number of imidazole rings is 1. The Morgan fingerprint density at radius 3 is 2.95 bits per heavy atom. The zero-order chi connectivity index (χ0) is 14.1. The molecule has 0 saturated carbocycles. The molecule has 0 saturated heterocycles. The Hall–Kier alpha value is -2.08. The Morgan fingerprint density at radius 1 is 1.35 bits per heavy atom. The van der Waals surface area contributed by atoms with Crippen molar-refractivity contribution in [1.29, 1.82) is 0 Å². The predicted octanol–water partition coefficient (Wildman–Crippen LogP) is 2.71. The first-order chi connectivity index (χ1) is 9.65. The minimum Gasteiger partial charge on any atom is -0.379 e. The number of anilines is 2. The van der Waals surface area contributed by atoms with Crippen molar-refractivity contribution in [1.82, 2.24) is 13.9 Å². The minimum atomic E-state index is 0.750. The second-order valence-electron chi connectivity index (χ2n) is 4.94. The van der Waals surface area contributed by atoms with Crippen LogP contribution in [0.25, 0.3) is 10.9 Å². The Morgan fingerprint density at radius 2 is 2.20 bits per heavy atom. The molecule has 0 amide bonds. The van der Waals surface area contributed by atoms with Crippen molar-refractivity contribution in [2.75, 3.05) is 24.3 Å². The number of nitrogens with one attached hydrogen (secondary N) is 1. The summed E-state index contributed by atoms with van der Waals surface area (Å²) in [5.74, 6) is 0.958. The summed E-state index contributed by atoms with van der Waals surface area (Å²) in [6.45, 7) is 0.750. The molecule has 104 valence electrons. The number of rotatable bonds is 4. The van der Waals surface area contributed by atoms with Crippen molar-refractivity contribution in [3.05, 3.63) is 35.5 Å². The maximum absolute atomic E-state index is 4.41. The van der Waals surface area contributed by atoms with E-state index in [1.165, 1.54) is 16.9 Å². The highest BCUT2D eigenvalue weighted by Gasteiger charge is 2.07. The normalized spacial score (nSPS) is 10.9. The van der Waals surface area contributed by atoms with Crippen LogP contribution in [0.4, 0.5) is 11.6 Å². The lowest BCUT2D eigenvalue weighted by Crippen LogP contribution is -2.15. The van der Waals surface area contributed by atoms with Crippen LogP contribution in [-0.4, -0.2) is 28.0 Å². The third-order valence-corrected chi connectivity index (χ3v) is 3.95. The van der Waals surface area contributed by atoms with E-state index in [-0.39, 0.29) is 0 Å². The van der Waals surface area contributed by atoms with Gasteiger partial charge < -0.3 is 14.8 Å². The van der Waals surface area contributed by atoms with Gasteiger partial charge in [0.05, 0.1) is 24.0 Å². The van der Waals surface area contributed by atoms with Gasteiger partial charge in [0.1, 0.15) is 0 Å². The zero-order valence-electron chi connectivity index (χ0n) is 11.8. The molecule has 3 aromatic rings. The number of nitrogens with zero attached hydrogens (tertiary/aromatic N) is 4. The van der Waals surface area contributed by atoms with Gasteiger partial charge >= 0.3 is 0 Å². The molecular formula is C14H17N5S. The fourth-order valence-electron chi connectivity index (χ4n) is 2.19. The Balaban J connectivity index is 1.75. The summed E-state index contributed by atoms with van der Waals surface area (Å²) in [7, 11) is 6.03. The molecule has 3 rings (SSSR count). The number of hydrogen-bond acceptors (Lipinski definition) is 5. The van der Waals surface area contributed by atoms with Gasteiger partial charge in [-0.2, -0.15) is 4.37 Å². The van der Waals surface area contributed by atoms with E-state index in [1.807, 2.05) is 38.3 Å². The summed E-state index contributed by atoms with van der Waals surface area (Å²) in [6.07, 6.45) is 1.91. The Labute approximate surface area is 122 Å². The molecule has 20 heavy (non-hydrogen) atoms. The van der Waals surface area contributed by atoms with Gasteiger partial charge in [0.15, 0.2) is 0 Å². The number of benzene rings is 1. The van der Waals surface area contributed by atoms with E-state index in [0.29, 0.717) is 0 Å². The topological polar surface area (TPSA) is 46.0 Å². The maximum atomic E-state index is 4.41. The predicted molar refractivity (Wildman–Crippen MR) is 84.5 cm³/mol. The highest BCUT2D eigenvalue weighted by molar-refractivity contribution is 7.04. The number of aromatic nitrogens is 3. The van der Waals surface area contributed by atoms with Gasteiger partial charge in [-0.1, -0.05) is 0 Å². The third kappa shape index (κ3) is 2.34. The lowest BCUT2D eigenvalue weighted by atomic mass is 10.2. The van der Waals surface area contributed by atoms with Crippen LogP contribution < -0.4 is 10.2 Å². The molecule has 1 N–H and O–H groups in total. The molecule has 0 aliphatic heterocycles. The van der Waals surface area contributed by atoms with Gasteiger partial charge in [-0.05, 0) is 29.7 Å². The molecule has 0 bridgehead atoms. The van der Waals surface area contributed by atoms with Gasteiger partial charge in [0, 0.05) is 37.6 Å². The fraction of sp³-hybridized carbons (Fsp3) is 0.286. The van der Waals surface area contributed by atoms with Crippen LogP contribution in [0, 0.1) is 0 Å². The second-order valence-corrected chi connectivity index (χ2v) is 5.57. The average Bonchev–Trinajstić information content (AvgIpc) is 3.02. The van der Waals surface area contributed by atoms with E-state index in [4.69, 9.17) is 0 Å². The van der Waals surface area contributed by atoms with Crippen molar-refractivity contribution in [2.45, 2.75) is 6.54 Å². The zero-order valence-corrected chi connectivity index (χ0v) is 12.6. The third-order valence-electron chi connectivity index (χ3n) is 3.29. The lowest BCUT2D eigenvalue weighted by molar-refractivity contribution is 0.814. The van der Waals surface area contributed by atoms with E-state index in [1.54, 1.807) is 0 Å². The molecule has 0 spiro atoms. The van der Waals surface area contributed by atoms with Crippen molar-refractivity contribution >= 4 is 34.1 Å².